The van der Waals surface area contributed by atoms with Crippen LogP contribution < -0.4 is 10.6 Å². The van der Waals surface area contributed by atoms with Gasteiger partial charge in [0.2, 0.25) is 5.91 Å². The number of hydrogen-bond donors (Lipinski definition) is 2. The van der Waals surface area contributed by atoms with Gasteiger partial charge in [-0.25, -0.2) is 0 Å². The molecule has 1 aliphatic heterocycles. The van der Waals surface area contributed by atoms with E-state index < -0.39 is 0 Å². The number of rotatable bonds is 3. The van der Waals surface area contributed by atoms with Crippen LogP contribution in [0.2, 0.25) is 10.0 Å². The van der Waals surface area contributed by atoms with Gasteiger partial charge < -0.3 is 10.6 Å². The molecule has 19 heavy (non-hydrogen) atoms. The number of hydrogen-bond acceptors (Lipinski definition) is 2. The predicted octanol–water partition coefficient (Wildman–Crippen LogP) is 2.55. The Morgan fingerprint density at radius 1 is 1.47 bits per heavy atom. The highest BCUT2D eigenvalue weighted by molar-refractivity contribution is 6.42. The molecule has 2 unspecified atom stereocenters. The van der Waals surface area contributed by atoms with E-state index in [1.54, 1.807) is 6.07 Å². The molecule has 3 nitrogen and oxygen atoms in total. The molecule has 3 rings (SSSR count). The lowest BCUT2D eigenvalue weighted by Crippen LogP contribution is -2.50. The average Bonchev–Trinajstić information content (AvgIpc) is 2.94. The zero-order valence-electron chi connectivity index (χ0n) is 10.5. The van der Waals surface area contributed by atoms with Gasteiger partial charge >= 0.3 is 0 Å². The Morgan fingerprint density at radius 3 is 2.95 bits per heavy atom. The van der Waals surface area contributed by atoms with Crippen molar-refractivity contribution in [2.24, 2.45) is 0 Å². The summed E-state index contributed by atoms with van der Waals surface area (Å²) in [5.41, 5.74) is 0.746. The molecular formula is C14H16Cl2N2O. The smallest absolute Gasteiger partial charge is 0.224 e. The molecule has 2 atom stereocenters. The first-order valence-electron chi connectivity index (χ1n) is 6.55. The summed E-state index contributed by atoms with van der Waals surface area (Å²) in [6, 6.07) is 5.97. The Bertz CT molecular complexity index is 510. The molecule has 0 spiro atoms. The maximum absolute atomic E-state index is 12.2. The normalized spacial score (nSPS) is 28.6. The lowest BCUT2D eigenvalue weighted by Gasteiger charge is -2.27. The minimum absolute atomic E-state index is 0.0218. The second-order valence-corrected chi connectivity index (χ2v) is 6.32. The Balaban J connectivity index is 1.67. The van der Waals surface area contributed by atoms with E-state index in [2.05, 4.69) is 10.6 Å². The fraction of sp³-hybridized carbons (Fsp3) is 0.500. The lowest BCUT2D eigenvalue weighted by molar-refractivity contribution is -0.122. The van der Waals surface area contributed by atoms with Crippen LogP contribution in [0, 0.1) is 0 Å². The van der Waals surface area contributed by atoms with Gasteiger partial charge in [-0.2, -0.15) is 0 Å². The van der Waals surface area contributed by atoms with E-state index in [1.165, 1.54) is 0 Å². The van der Waals surface area contributed by atoms with Crippen LogP contribution in [-0.4, -0.2) is 24.0 Å². The number of amides is 1. The maximum Gasteiger partial charge on any atom is 0.224 e. The summed E-state index contributed by atoms with van der Waals surface area (Å²) in [5.74, 6) is 0.0218. The molecule has 2 aliphatic rings. The van der Waals surface area contributed by atoms with E-state index in [4.69, 9.17) is 23.2 Å². The van der Waals surface area contributed by atoms with E-state index in [-0.39, 0.29) is 17.9 Å². The van der Waals surface area contributed by atoms with E-state index in [0.717, 1.165) is 31.4 Å². The number of piperidine rings is 1. The van der Waals surface area contributed by atoms with Crippen molar-refractivity contribution in [1.29, 1.82) is 0 Å². The van der Waals surface area contributed by atoms with Crippen LogP contribution in [0.15, 0.2) is 18.2 Å². The highest BCUT2D eigenvalue weighted by atomic mass is 35.5. The van der Waals surface area contributed by atoms with Crippen LogP contribution in [0.3, 0.4) is 0 Å². The highest BCUT2D eigenvalue weighted by Gasteiger charge is 2.45. The summed E-state index contributed by atoms with van der Waals surface area (Å²) < 4.78 is 0. The van der Waals surface area contributed by atoms with Crippen molar-refractivity contribution in [1.82, 2.24) is 10.6 Å². The van der Waals surface area contributed by atoms with Gasteiger partial charge in [-0.3, -0.25) is 4.79 Å². The topological polar surface area (TPSA) is 41.1 Å². The molecule has 1 aromatic carbocycles. The SMILES string of the molecule is O=C(Cc1cccc(Cl)c1Cl)NC12CCC(C1)NC2. The molecule has 1 aliphatic carbocycles. The Labute approximate surface area is 122 Å². The van der Waals surface area contributed by atoms with Crippen LogP contribution in [0.1, 0.15) is 24.8 Å². The summed E-state index contributed by atoms with van der Waals surface area (Å²) in [6.07, 6.45) is 3.55. The zero-order valence-corrected chi connectivity index (χ0v) is 12.0. The van der Waals surface area contributed by atoms with Crippen LogP contribution in [-0.2, 0) is 11.2 Å². The summed E-state index contributed by atoms with van der Waals surface area (Å²) in [7, 11) is 0. The van der Waals surface area contributed by atoms with Crippen molar-refractivity contribution in [2.75, 3.05) is 6.54 Å². The summed E-state index contributed by atoms with van der Waals surface area (Å²) >= 11 is 12.1. The van der Waals surface area contributed by atoms with E-state index in [0.29, 0.717) is 16.1 Å². The molecule has 1 saturated carbocycles. The summed E-state index contributed by atoms with van der Waals surface area (Å²) in [4.78, 5) is 12.2. The molecule has 0 radical (unpaired) electrons. The molecule has 102 valence electrons. The van der Waals surface area contributed by atoms with Gasteiger partial charge in [0.05, 0.1) is 22.0 Å². The number of carbonyl (C=O) groups excluding carboxylic acids is 1. The Morgan fingerprint density at radius 2 is 2.32 bits per heavy atom. The monoisotopic (exact) mass is 298 g/mol. The molecule has 1 amide bonds. The fourth-order valence-corrected chi connectivity index (χ4v) is 3.54. The predicted molar refractivity (Wildman–Crippen MR) is 76.7 cm³/mol. The van der Waals surface area contributed by atoms with Crippen molar-refractivity contribution in [3.63, 3.8) is 0 Å². The largest absolute Gasteiger partial charge is 0.349 e. The maximum atomic E-state index is 12.2. The minimum atomic E-state index is -0.0349. The first-order valence-corrected chi connectivity index (χ1v) is 7.31. The zero-order chi connectivity index (χ0) is 13.5. The molecule has 5 heteroatoms. The van der Waals surface area contributed by atoms with Crippen LogP contribution >= 0.6 is 23.2 Å². The number of carbonyl (C=O) groups is 1. The van der Waals surface area contributed by atoms with Crippen LogP contribution in [0.25, 0.3) is 0 Å². The van der Waals surface area contributed by atoms with Gasteiger partial charge in [-0.15, -0.1) is 0 Å². The number of benzene rings is 1. The van der Waals surface area contributed by atoms with E-state index in [1.807, 2.05) is 12.1 Å². The van der Waals surface area contributed by atoms with E-state index in [9.17, 15) is 4.79 Å². The molecule has 1 aromatic rings. The highest BCUT2D eigenvalue weighted by Crippen LogP contribution is 2.35. The van der Waals surface area contributed by atoms with Crippen molar-refractivity contribution < 1.29 is 4.79 Å². The van der Waals surface area contributed by atoms with E-state index >= 15 is 0 Å². The first kappa shape index (κ1) is 13.2. The van der Waals surface area contributed by atoms with Crippen molar-refractivity contribution in [3.8, 4) is 0 Å². The Hall–Kier alpha value is -0.770. The van der Waals surface area contributed by atoms with Gasteiger partial charge in [0.25, 0.3) is 0 Å². The average molecular weight is 299 g/mol. The molecule has 0 aromatic heterocycles. The quantitative estimate of drug-likeness (QED) is 0.900. The molecule has 1 heterocycles. The standard InChI is InChI=1S/C14H16Cl2N2O/c15-11-3-1-2-9(13(11)16)6-12(19)18-14-5-4-10(7-14)17-8-14/h1-3,10,17H,4-8H2,(H,18,19). The molecule has 2 bridgehead atoms. The van der Waals surface area contributed by atoms with Crippen LogP contribution in [0.4, 0.5) is 0 Å². The third-order valence-corrected chi connectivity index (χ3v) is 4.98. The van der Waals surface area contributed by atoms with Crippen molar-refractivity contribution in [2.45, 2.75) is 37.3 Å². The third kappa shape index (κ3) is 2.60. The fourth-order valence-electron chi connectivity index (χ4n) is 3.16. The Kier molecular flexibility index (Phi) is 3.46. The summed E-state index contributed by atoms with van der Waals surface area (Å²) in [5, 5.41) is 7.57. The second kappa shape index (κ2) is 4.97. The lowest BCUT2D eigenvalue weighted by atomic mass is 9.98. The first-order chi connectivity index (χ1) is 9.08. The van der Waals surface area contributed by atoms with Gasteiger partial charge in [0.15, 0.2) is 0 Å². The molecular weight excluding hydrogens is 283 g/mol. The van der Waals surface area contributed by atoms with Gasteiger partial charge in [-0.05, 0) is 30.9 Å². The number of halogens is 2. The third-order valence-electron chi connectivity index (χ3n) is 4.12. The van der Waals surface area contributed by atoms with Crippen molar-refractivity contribution in [3.05, 3.63) is 33.8 Å². The molecule has 2 fully saturated rings. The number of fused-ring (bicyclic) bond motifs is 2. The van der Waals surface area contributed by atoms with Crippen molar-refractivity contribution >= 4 is 29.1 Å². The van der Waals surface area contributed by atoms with Crippen LogP contribution in [0.5, 0.6) is 0 Å². The van der Waals surface area contributed by atoms with Gasteiger partial charge in [0, 0.05) is 12.6 Å². The molecule has 1 saturated heterocycles. The van der Waals surface area contributed by atoms with Gasteiger partial charge in [0.1, 0.15) is 0 Å². The van der Waals surface area contributed by atoms with Gasteiger partial charge in [-0.1, -0.05) is 35.3 Å². The number of nitrogens with one attached hydrogen (secondary N) is 2. The minimum Gasteiger partial charge on any atom is -0.349 e. The second-order valence-electron chi connectivity index (χ2n) is 5.54. The summed E-state index contributed by atoms with van der Waals surface area (Å²) in [6.45, 7) is 0.882. The molecule has 2 N–H and O–H groups in total.